The van der Waals surface area contributed by atoms with E-state index in [0.717, 1.165) is 35.1 Å². The van der Waals surface area contributed by atoms with Crippen molar-refractivity contribution in [2.75, 3.05) is 19.8 Å². The molecule has 0 unspecified atom stereocenters. The molecular formula is C30H39FN2O4. The highest BCUT2D eigenvalue weighted by molar-refractivity contribution is 6.03. The summed E-state index contributed by atoms with van der Waals surface area (Å²) in [6, 6.07) is 7.96. The largest absolute Gasteiger partial charge is 0.490 e. The zero-order valence-corrected chi connectivity index (χ0v) is 23.0. The van der Waals surface area contributed by atoms with Crippen LogP contribution in [0.2, 0.25) is 0 Å². The summed E-state index contributed by atoms with van der Waals surface area (Å²) in [5.41, 5.74) is 2.39. The van der Waals surface area contributed by atoms with E-state index in [9.17, 15) is 9.90 Å². The van der Waals surface area contributed by atoms with Crippen LogP contribution in [0, 0.1) is 11.2 Å². The lowest BCUT2D eigenvalue weighted by molar-refractivity contribution is -0.142. The number of carboxylic acid groups (broad SMARTS) is 1. The molecule has 2 aromatic carbocycles. The number of nitrogens with one attached hydrogen (secondary N) is 1. The lowest BCUT2D eigenvalue weighted by Crippen LogP contribution is -2.35. The van der Waals surface area contributed by atoms with Gasteiger partial charge in [0.25, 0.3) is 0 Å². The summed E-state index contributed by atoms with van der Waals surface area (Å²) in [5.74, 6) is -0.762. The topological polar surface area (TPSA) is 82.9 Å². The number of ether oxygens (including phenoxy) is 2. The maximum absolute atomic E-state index is 15.7. The molecule has 2 aromatic rings. The van der Waals surface area contributed by atoms with Crippen LogP contribution in [-0.2, 0) is 27.6 Å². The number of carbonyl (C=O) groups is 1. The molecule has 0 atom stereocenters. The molecule has 0 saturated heterocycles. The van der Waals surface area contributed by atoms with Crippen molar-refractivity contribution in [3.05, 3.63) is 57.9 Å². The molecule has 0 aromatic heterocycles. The second kappa shape index (κ2) is 9.34. The Balaban J connectivity index is 1.69. The number of benzene rings is 2. The molecule has 0 bridgehead atoms. The van der Waals surface area contributed by atoms with Gasteiger partial charge >= 0.3 is 5.97 Å². The third-order valence-corrected chi connectivity index (χ3v) is 7.76. The zero-order valence-electron chi connectivity index (χ0n) is 23.0. The zero-order chi connectivity index (χ0) is 27.3. The van der Waals surface area contributed by atoms with Crippen molar-refractivity contribution in [3.8, 4) is 11.5 Å². The van der Waals surface area contributed by atoms with Gasteiger partial charge in [-0.1, -0.05) is 39.0 Å². The average molecular weight is 511 g/mol. The Hall–Kier alpha value is -3.09. The summed E-state index contributed by atoms with van der Waals surface area (Å²) in [4.78, 5) is 14.0. The fraction of sp³-hybridized carbons (Fsp3) is 0.533. The van der Waals surface area contributed by atoms with E-state index in [1.165, 1.54) is 0 Å². The minimum atomic E-state index is -1.03. The number of nitrogens with zero attached hydrogens (tertiary/aromatic N) is 1. The van der Waals surface area contributed by atoms with E-state index in [1.807, 2.05) is 30.0 Å². The molecule has 37 heavy (non-hydrogen) atoms. The van der Waals surface area contributed by atoms with Gasteiger partial charge in [0.05, 0.1) is 29.7 Å². The fourth-order valence-corrected chi connectivity index (χ4v) is 5.22. The molecule has 6 nitrogen and oxygen atoms in total. The monoisotopic (exact) mass is 510 g/mol. The predicted octanol–water partition coefficient (Wildman–Crippen LogP) is 6.16. The van der Waals surface area contributed by atoms with Gasteiger partial charge in [-0.2, -0.15) is 0 Å². The van der Waals surface area contributed by atoms with Crippen molar-refractivity contribution in [3.63, 3.8) is 0 Å². The van der Waals surface area contributed by atoms with Crippen LogP contribution in [0.4, 0.5) is 4.39 Å². The summed E-state index contributed by atoms with van der Waals surface area (Å²) in [6.07, 6.45) is 2.31. The Morgan fingerprint density at radius 2 is 1.68 bits per heavy atom. The van der Waals surface area contributed by atoms with Crippen molar-refractivity contribution in [2.45, 2.75) is 84.1 Å². The Morgan fingerprint density at radius 3 is 2.22 bits per heavy atom. The van der Waals surface area contributed by atoms with E-state index >= 15 is 4.39 Å². The van der Waals surface area contributed by atoms with Gasteiger partial charge < -0.3 is 19.5 Å². The average Bonchev–Trinajstić information content (AvgIpc) is 3.57. The molecule has 1 saturated carbocycles. The van der Waals surface area contributed by atoms with E-state index in [0.29, 0.717) is 37.5 Å². The number of hydrogen-bond donors (Lipinski definition) is 2. The van der Waals surface area contributed by atoms with Crippen LogP contribution in [0.3, 0.4) is 0 Å². The summed E-state index contributed by atoms with van der Waals surface area (Å²) >= 11 is 0. The first-order chi connectivity index (χ1) is 17.3. The standard InChI is InChI=1S/C30H39FN2O4/c1-8-36-22-17-21-23(24(31)25(22)37-9-2)26(32)33(30(21)11-12-30)13-10-18-14-19(28(3,4)5)16-20(15-18)29(6,7)27(34)35/h14-17,32H,8-13H2,1-7H3,(H,34,35). The quantitative estimate of drug-likeness (QED) is 0.422. The lowest BCUT2D eigenvalue weighted by atomic mass is 9.78. The first-order valence-corrected chi connectivity index (χ1v) is 13.2. The van der Waals surface area contributed by atoms with E-state index in [2.05, 4.69) is 26.8 Å². The fourth-order valence-electron chi connectivity index (χ4n) is 5.22. The summed E-state index contributed by atoms with van der Waals surface area (Å²) in [6.45, 7) is 14.7. The van der Waals surface area contributed by atoms with Crippen molar-refractivity contribution in [1.82, 2.24) is 4.90 Å². The second-order valence-corrected chi connectivity index (χ2v) is 11.7. The number of aliphatic carboxylic acids is 1. The third-order valence-electron chi connectivity index (χ3n) is 7.76. The van der Waals surface area contributed by atoms with Gasteiger partial charge in [0.2, 0.25) is 0 Å². The molecule has 0 amide bonds. The SMILES string of the molecule is CCOc1cc2c(c(F)c1OCC)C(=N)N(CCc1cc(C(C)(C)C)cc(C(C)(C)C(=O)O)c1)C21CC1. The number of fused-ring (bicyclic) bond motifs is 2. The smallest absolute Gasteiger partial charge is 0.313 e. The third kappa shape index (κ3) is 4.57. The number of hydrogen-bond acceptors (Lipinski definition) is 4. The number of rotatable bonds is 9. The van der Waals surface area contributed by atoms with Gasteiger partial charge in [0, 0.05) is 6.54 Å². The molecule has 1 heterocycles. The minimum Gasteiger partial charge on any atom is -0.490 e. The minimum absolute atomic E-state index is 0.0731. The molecule has 2 aliphatic rings. The Bertz CT molecular complexity index is 1240. The predicted molar refractivity (Wildman–Crippen MR) is 143 cm³/mol. The van der Waals surface area contributed by atoms with E-state index < -0.39 is 22.7 Å². The van der Waals surface area contributed by atoms with Crippen LogP contribution in [0.1, 0.15) is 89.1 Å². The number of halogens is 1. The highest BCUT2D eigenvalue weighted by Gasteiger charge is 2.57. The maximum atomic E-state index is 15.7. The maximum Gasteiger partial charge on any atom is 0.313 e. The molecule has 4 rings (SSSR count). The molecule has 1 aliphatic carbocycles. The number of amidine groups is 1. The molecule has 1 fully saturated rings. The van der Waals surface area contributed by atoms with E-state index in [1.54, 1.807) is 20.8 Å². The van der Waals surface area contributed by atoms with Gasteiger partial charge in [0.15, 0.2) is 17.3 Å². The van der Waals surface area contributed by atoms with Crippen molar-refractivity contribution < 1.29 is 23.8 Å². The summed E-state index contributed by atoms with van der Waals surface area (Å²) in [5, 5.41) is 18.8. The highest BCUT2D eigenvalue weighted by Crippen LogP contribution is 2.59. The van der Waals surface area contributed by atoms with Crippen molar-refractivity contribution >= 4 is 11.8 Å². The molecule has 1 aliphatic heterocycles. The van der Waals surface area contributed by atoms with Gasteiger partial charge in [-0.05, 0) is 80.7 Å². The van der Waals surface area contributed by atoms with Crippen LogP contribution in [0.5, 0.6) is 11.5 Å². The Kier molecular flexibility index (Phi) is 6.80. The normalized spacial score (nSPS) is 16.2. The Morgan fingerprint density at radius 1 is 1.05 bits per heavy atom. The molecule has 7 heteroatoms. The number of carboxylic acids is 1. The lowest BCUT2D eigenvalue weighted by Gasteiger charge is -2.29. The summed E-state index contributed by atoms with van der Waals surface area (Å²) < 4.78 is 27.0. The first kappa shape index (κ1) is 27.0. The second-order valence-electron chi connectivity index (χ2n) is 11.7. The van der Waals surface area contributed by atoms with Gasteiger partial charge in [-0.25, -0.2) is 4.39 Å². The van der Waals surface area contributed by atoms with Gasteiger partial charge in [-0.15, -0.1) is 0 Å². The van der Waals surface area contributed by atoms with Crippen LogP contribution < -0.4 is 9.47 Å². The molecule has 1 spiro atoms. The van der Waals surface area contributed by atoms with E-state index in [-0.39, 0.29) is 17.0 Å². The van der Waals surface area contributed by atoms with Crippen LogP contribution >= 0.6 is 0 Å². The molecule has 0 radical (unpaired) electrons. The van der Waals surface area contributed by atoms with Crippen LogP contribution in [0.15, 0.2) is 24.3 Å². The summed E-state index contributed by atoms with van der Waals surface area (Å²) in [7, 11) is 0. The molecule has 200 valence electrons. The highest BCUT2D eigenvalue weighted by atomic mass is 19.1. The van der Waals surface area contributed by atoms with Gasteiger partial charge in [-0.3, -0.25) is 10.2 Å². The van der Waals surface area contributed by atoms with Crippen LogP contribution in [-0.4, -0.2) is 41.6 Å². The molecule has 2 N–H and O–H groups in total. The first-order valence-electron chi connectivity index (χ1n) is 13.2. The molecular weight excluding hydrogens is 471 g/mol. The van der Waals surface area contributed by atoms with Crippen molar-refractivity contribution in [2.24, 2.45) is 0 Å². The van der Waals surface area contributed by atoms with Gasteiger partial charge in [0.1, 0.15) is 5.84 Å². The van der Waals surface area contributed by atoms with E-state index in [4.69, 9.17) is 14.9 Å². The van der Waals surface area contributed by atoms with Crippen LogP contribution in [0.25, 0.3) is 0 Å². The Labute approximate surface area is 219 Å². The van der Waals surface area contributed by atoms with Crippen molar-refractivity contribution in [1.29, 1.82) is 5.41 Å².